The standard InChI is InChI=1S/C15H13BrN2O4S/c1-2-22-15(21)18-13(20)11-6-7-23-14(11)17-12(19)9-4-3-5-10(16)8-9/h3-8H,2H2,1H3,(H,17,19)(H,18,20,21). The Labute approximate surface area is 145 Å². The summed E-state index contributed by atoms with van der Waals surface area (Å²) in [5, 5.41) is 6.77. The molecule has 3 amide bonds. The van der Waals surface area contributed by atoms with Crippen molar-refractivity contribution in [1.29, 1.82) is 0 Å². The van der Waals surface area contributed by atoms with Crippen LogP contribution in [0, 0.1) is 0 Å². The molecule has 120 valence electrons. The van der Waals surface area contributed by atoms with Gasteiger partial charge in [-0.25, -0.2) is 4.79 Å². The molecule has 1 heterocycles. The number of alkyl carbamates (subject to hydrolysis) is 1. The molecule has 1 aromatic carbocycles. The molecule has 0 aliphatic rings. The summed E-state index contributed by atoms with van der Waals surface area (Å²) in [6.45, 7) is 1.80. The molecule has 8 heteroatoms. The molecule has 2 rings (SSSR count). The van der Waals surface area contributed by atoms with Gasteiger partial charge < -0.3 is 10.1 Å². The quantitative estimate of drug-likeness (QED) is 0.825. The molecule has 1 aromatic heterocycles. The van der Waals surface area contributed by atoms with E-state index in [0.29, 0.717) is 10.6 Å². The fourth-order valence-corrected chi connectivity index (χ4v) is 2.90. The molecule has 2 aromatic rings. The number of hydrogen-bond donors (Lipinski definition) is 2. The lowest BCUT2D eigenvalue weighted by Crippen LogP contribution is -2.31. The smallest absolute Gasteiger partial charge is 0.414 e. The summed E-state index contributed by atoms with van der Waals surface area (Å²) in [5.41, 5.74) is 0.649. The summed E-state index contributed by atoms with van der Waals surface area (Å²) < 4.78 is 5.43. The molecule has 0 saturated carbocycles. The first-order valence-electron chi connectivity index (χ1n) is 6.63. The normalized spacial score (nSPS) is 10.0. The van der Waals surface area contributed by atoms with Crippen LogP contribution in [0.5, 0.6) is 0 Å². The van der Waals surface area contributed by atoms with Gasteiger partial charge in [0, 0.05) is 10.0 Å². The minimum atomic E-state index is -0.826. The van der Waals surface area contributed by atoms with Gasteiger partial charge >= 0.3 is 6.09 Å². The molecule has 0 spiro atoms. The predicted molar refractivity (Wildman–Crippen MR) is 90.9 cm³/mol. The van der Waals surface area contributed by atoms with Crippen molar-refractivity contribution < 1.29 is 19.1 Å². The van der Waals surface area contributed by atoms with Crippen molar-refractivity contribution in [3.63, 3.8) is 0 Å². The number of rotatable bonds is 4. The van der Waals surface area contributed by atoms with E-state index in [2.05, 4.69) is 31.3 Å². The number of hydrogen-bond acceptors (Lipinski definition) is 5. The second-order valence-corrected chi connectivity index (χ2v) is 6.13. The first-order valence-corrected chi connectivity index (χ1v) is 8.31. The number of imide groups is 1. The zero-order valence-electron chi connectivity index (χ0n) is 12.1. The van der Waals surface area contributed by atoms with E-state index in [1.54, 1.807) is 36.6 Å². The molecule has 0 radical (unpaired) electrons. The van der Waals surface area contributed by atoms with E-state index in [9.17, 15) is 14.4 Å². The van der Waals surface area contributed by atoms with Gasteiger partial charge in [-0.1, -0.05) is 22.0 Å². The van der Waals surface area contributed by atoms with E-state index in [4.69, 9.17) is 0 Å². The lowest BCUT2D eigenvalue weighted by atomic mass is 10.2. The second-order valence-electron chi connectivity index (χ2n) is 4.30. The summed E-state index contributed by atoms with van der Waals surface area (Å²) >= 11 is 4.48. The van der Waals surface area contributed by atoms with E-state index >= 15 is 0 Å². The largest absolute Gasteiger partial charge is 0.450 e. The van der Waals surface area contributed by atoms with Gasteiger partial charge in [0.25, 0.3) is 11.8 Å². The summed E-state index contributed by atoms with van der Waals surface area (Å²) in [6, 6.07) is 8.39. The van der Waals surface area contributed by atoms with E-state index < -0.39 is 12.0 Å². The van der Waals surface area contributed by atoms with Crippen LogP contribution in [0.1, 0.15) is 27.6 Å². The topological polar surface area (TPSA) is 84.5 Å². The van der Waals surface area contributed by atoms with Crippen molar-refractivity contribution >= 4 is 50.2 Å². The number of amides is 3. The third kappa shape index (κ3) is 4.64. The van der Waals surface area contributed by atoms with Gasteiger partial charge in [-0.3, -0.25) is 14.9 Å². The highest BCUT2D eigenvalue weighted by Gasteiger charge is 2.18. The van der Waals surface area contributed by atoms with Gasteiger partial charge in [-0.2, -0.15) is 0 Å². The van der Waals surface area contributed by atoms with Crippen LogP contribution in [-0.4, -0.2) is 24.5 Å². The molecule has 0 saturated heterocycles. The first kappa shape index (κ1) is 17.2. The second kappa shape index (κ2) is 7.89. The molecular weight excluding hydrogens is 384 g/mol. The van der Waals surface area contributed by atoms with Gasteiger partial charge in [0.1, 0.15) is 5.00 Å². The summed E-state index contributed by atoms with van der Waals surface area (Å²) in [4.78, 5) is 35.5. The fraction of sp³-hybridized carbons (Fsp3) is 0.133. The number of carbonyl (C=O) groups excluding carboxylic acids is 3. The van der Waals surface area contributed by atoms with Gasteiger partial charge in [-0.05, 0) is 36.6 Å². The number of anilines is 1. The maximum Gasteiger partial charge on any atom is 0.414 e. The summed E-state index contributed by atoms with van der Waals surface area (Å²) in [6.07, 6.45) is -0.826. The number of nitrogens with one attached hydrogen (secondary N) is 2. The number of benzene rings is 1. The van der Waals surface area contributed by atoms with Gasteiger partial charge in [-0.15, -0.1) is 11.3 Å². The van der Waals surface area contributed by atoms with E-state index in [1.807, 2.05) is 0 Å². The lowest BCUT2D eigenvalue weighted by Gasteiger charge is -2.07. The number of thiophene rings is 1. The fourth-order valence-electron chi connectivity index (χ4n) is 1.72. The Morgan fingerprint density at radius 2 is 2.00 bits per heavy atom. The summed E-state index contributed by atoms with van der Waals surface area (Å²) in [5.74, 6) is -0.979. The zero-order valence-corrected chi connectivity index (χ0v) is 14.5. The maximum atomic E-state index is 12.2. The van der Waals surface area contributed by atoms with Crippen LogP contribution < -0.4 is 10.6 Å². The average Bonchev–Trinajstić information content (AvgIpc) is 2.95. The monoisotopic (exact) mass is 396 g/mol. The van der Waals surface area contributed by atoms with Crippen LogP contribution in [0.4, 0.5) is 9.80 Å². The Balaban J connectivity index is 2.10. The number of carbonyl (C=O) groups is 3. The van der Waals surface area contributed by atoms with Gasteiger partial charge in [0.2, 0.25) is 0 Å². The average molecular weight is 397 g/mol. The zero-order chi connectivity index (χ0) is 16.8. The highest BCUT2D eigenvalue weighted by molar-refractivity contribution is 9.10. The van der Waals surface area contributed by atoms with Crippen LogP contribution in [-0.2, 0) is 4.74 Å². The molecule has 0 aliphatic heterocycles. The molecule has 2 N–H and O–H groups in total. The minimum Gasteiger partial charge on any atom is -0.450 e. The molecule has 0 fully saturated rings. The van der Waals surface area contributed by atoms with Crippen molar-refractivity contribution in [3.8, 4) is 0 Å². The highest BCUT2D eigenvalue weighted by Crippen LogP contribution is 2.24. The van der Waals surface area contributed by atoms with Crippen LogP contribution >= 0.6 is 27.3 Å². The summed E-state index contributed by atoms with van der Waals surface area (Å²) in [7, 11) is 0. The van der Waals surface area contributed by atoms with Crippen molar-refractivity contribution in [2.24, 2.45) is 0 Å². The molecule has 0 aliphatic carbocycles. The highest BCUT2D eigenvalue weighted by atomic mass is 79.9. The molecule has 0 bridgehead atoms. The maximum absolute atomic E-state index is 12.2. The number of halogens is 1. The molecule has 0 atom stereocenters. The Bertz CT molecular complexity index is 745. The van der Waals surface area contributed by atoms with Gasteiger partial charge in [0.05, 0.1) is 12.2 Å². The van der Waals surface area contributed by atoms with Crippen LogP contribution in [0.2, 0.25) is 0 Å². The van der Waals surface area contributed by atoms with Crippen molar-refractivity contribution in [1.82, 2.24) is 5.32 Å². The first-order chi connectivity index (χ1) is 11.0. The Morgan fingerprint density at radius 1 is 1.22 bits per heavy atom. The van der Waals surface area contributed by atoms with Crippen LogP contribution in [0.15, 0.2) is 40.2 Å². The third-order valence-corrected chi connectivity index (χ3v) is 4.04. The van der Waals surface area contributed by atoms with Crippen molar-refractivity contribution in [2.45, 2.75) is 6.92 Å². The predicted octanol–water partition coefficient (Wildman–Crippen LogP) is 3.65. The van der Waals surface area contributed by atoms with E-state index in [0.717, 1.165) is 4.47 Å². The Morgan fingerprint density at radius 3 is 2.70 bits per heavy atom. The van der Waals surface area contributed by atoms with Gasteiger partial charge in [0.15, 0.2) is 0 Å². The Hall–Kier alpha value is -2.19. The molecule has 23 heavy (non-hydrogen) atoms. The van der Waals surface area contributed by atoms with E-state index in [-0.39, 0.29) is 18.1 Å². The third-order valence-electron chi connectivity index (χ3n) is 2.71. The van der Waals surface area contributed by atoms with Crippen LogP contribution in [0.25, 0.3) is 0 Å². The Kier molecular flexibility index (Phi) is 5.89. The SMILES string of the molecule is CCOC(=O)NC(=O)c1ccsc1NC(=O)c1cccc(Br)c1. The molecule has 6 nitrogen and oxygen atoms in total. The minimum absolute atomic E-state index is 0.162. The van der Waals surface area contributed by atoms with Crippen molar-refractivity contribution in [2.75, 3.05) is 11.9 Å². The van der Waals surface area contributed by atoms with E-state index in [1.165, 1.54) is 17.4 Å². The molecule has 0 unspecified atom stereocenters. The molecular formula is C15H13BrN2O4S. The van der Waals surface area contributed by atoms with Crippen molar-refractivity contribution in [3.05, 3.63) is 51.3 Å². The lowest BCUT2D eigenvalue weighted by molar-refractivity contribution is 0.0926. The van der Waals surface area contributed by atoms with Crippen LogP contribution in [0.3, 0.4) is 0 Å². The number of ether oxygens (including phenoxy) is 1.